The van der Waals surface area contributed by atoms with Crippen molar-refractivity contribution < 1.29 is 29.3 Å². The monoisotopic (exact) mass is 340 g/mol. The first kappa shape index (κ1) is 18.9. The number of carbonyl (C=O) groups is 2. The molecule has 1 fully saturated rings. The molecule has 0 aromatic heterocycles. The van der Waals surface area contributed by atoms with E-state index in [1.807, 2.05) is 0 Å². The average Bonchev–Trinajstić information content (AvgIpc) is 2.59. The van der Waals surface area contributed by atoms with E-state index in [0.717, 1.165) is 19.3 Å². The molecule has 6 heteroatoms. The molecule has 0 heterocycles. The smallest absolute Gasteiger partial charge is 0.310 e. The Morgan fingerprint density at radius 1 is 1.12 bits per heavy atom. The van der Waals surface area contributed by atoms with Crippen LogP contribution in [0, 0.1) is 17.8 Å². The first-order valence-corrected chi connectivity index (χ1v) is 8.83. The number of hydrogen-bond acceptors (Lipinski definition) is 5. The third-order valence-electron chi connectivity index (χ3n) is 5.01. The highest BCUT2D eigenvalue weighted by Gasteiger charge is 2.35. The number of carboxylic acids is 1. The van der Waals surface area contributed by atoms with Crippen molar-refractivity contribution in [3.63, 3.8) is 0 Å². The summed E-state index contributed by atoms with van der Waals surface area (Å²) in [6.07, 6.45) is 8.06. The summed E-state index contributed by atoms with van der Waals surface area (Å²) >= 11 is 0. The van der Waals surface area contributed by atoms with E-state index in [9.17, 15) is 19.8 Å². The molecule has 2 N–H and O–H groups in total. The number of esters is 1. The highest BCUT2D eigenvalue weighted by atomic mass is 16.5. The maximum absolute atomic E-state index is 12.1. The zero-order valence-electron chi connectivity index (χ0n) is 14.2. The molecule has 2 aliphatic rings. The predicted molar refractivity (Wildman–Crippen MR) is 87.3 cm³/mol. The molecule has 5 unspecified atom stereocenters. The zero-order valence-corrected chi connectivity index (χ0v) is 14.2. The number of allylic oxidation sites excluding steroid dienone is 2. The number of aliphatic carboxylic acids is 1. The van der Waals surface area contributed by atoms with Crippen LogP contribution in [0.5, 0.6) is 0 Å². The van der Waals surface area contributed by atoms with Gasteiger partial charge in [-0.15, -0.1) is 0 Å². The van der Waals surface area contributed by atoms with Gasteiger partial charge in [0.05, 0.1) is 24.5 Å². The molecule has 0 amide bonds. The standard InChI is InChI=1S/C18H28O6/c1-12-6-2-5-9-16(12)23-10-13(19)11-24-18(22)15-8-4-3-7-14(15)17(20)21/h3-4,12-16,19H,2,5-11H2,1H3,(H,20,21). The second-order valence-electron chi connectivity index (χ2n) is 6.91. The lowest BCUT2D eigenvalue weighted by Crippen LogP contribution is -2.35. The van der Waals surface area contributed by atoms with Crippen molar-refractivity contribution in [2.24, 2.45) is 17.8 Å². The van der Waals surface area contributed by atoms with E-state index >= 15 is 0 Å². The van der Waals surface area contributed by atoms with Crippen molar-refractivity contribution in [2.75, 3.05) is 13.2 Å². The first-order valence-electron chi connectivity index (χ1n) is 8.83. The SMILES string of the molecule is CC1CCCCC1OCC(O)COC(=O)C1CC=CCC1C(=O)O. The zero-order chi connectivity index (χ0) is 17.5. The lowest BCUT2D eigenvalue weighted by molar-refractivity contribution is -0.161. The van der Waals surface area contributed by atoms with Crippen molar-refractivity contribution in [3.8, 4) is 0 Å². The molecule has 5 atom stereocenters. The van der Waals surface area contributed by atoms with E-state index in [-0.39, 0.29) is 19.3 Å². The Kier molecular flexibility index (Phi) is 7.24. The quantitative estimate of drug-likeness (QED) is 0.545. The second kappa shape index (κ2) is 9.18. The molecule has 0 aromatic rings. The molecular formula is C18H28O6. The summed E-state index contributed by atoms with van der Waals surface area (Å²) in [6.45, 7) is 2.13. The van der Waals surface area contributed by atoms with Crippen LogP contribution in [0.4, 0.5) is 0 Å². The van der Waals surface area contributed by atoms with Crippen LogP contribution in [-0.4, -0.2) is 47.6 Å². The number of ether oxygens (including phenoxy) is 2. The summed E-state index contributed by atoms with van der Waals surface area (Å²) in [4.78, 5) is 23.3. The highest BCUT2D eigenvalue weighted by Crippen LogP contribution is 2.28. The number of aliphatic hydroxyl groups is 1. The molecule has 2 aliphatic carbocycles. The fourth-order valence-corrected chi connectivity index (χ4v) is 3.45. The van der Waals surface area contributed by atoms with Gasteiger partial charge in [-0.2, -0.15) is 0 Å². The van der Waals surface area contributed by atoms with Gasteiger partial charge in [0.2, 0.25) is 0 Å². The van der Waals surface area contributed by atoms with E-state index in [4.69, 9.17) is 9.47 Å². The Morgan fingerprint density at radius 3 is 2.46 bits per heavy atom. The van der Waals surface area contributed by atoms with Crippen LogP contribution >= 0.6 is 0 Å². The van der Waals surface area contributed by atoms with Crippen LogP contribution in [0.25, 0.3) is 0 Å². The molecule has 0 aliphatic heterocycles. The maximum atomic E-state index is 12.1. The van der Waals surface area contributed by atoms with Crippen LogP contribution in [-0.2, 0) is 19.1 Å². The fraction of sp³-hybridized carbons (Fsp3) is 0.778. The number of carbonyl (C=O) groups excluding carboxylic acids is 1. The van der Waals surface area contributed by atoms with E-state index in [0.29, 0.717) is 18.8 Å². The lowest BCUT2D eigenvalue weighted by Gasteiger charge is -2.29. The number of rotatable bonds is 7. The summed E-state index contributed by atoms with van der Waals surface area (Å²) in [5.41, 5.74) is 0. The second-order valence-corrected chi connectivity index (χ2v) is 6.91. The van der Waals surface area contributed by atoms with E-state index in [2.05, 4.69) is 6.92 Å². The summed E-state index contributed by atoms with van der Waals surface area (Å²) in [5.74, 6) is -2.50. The summed E-state index contributed by atoms with van der Waals surface area (Å²) in [6, 6.07) is 0. The fourth-order valence-electron chi connectivity index (χ4n) is 3.45. The number of aliphatic hydroxyl groups excluding tert-OH is 1. The third kappa shape index (κ3) is 5.31. The Labute approximate surface area is 142 Å². The highest BCUT2D eigenvalue weighted by molar-refractivity contribution is 5.81. The van der Waals surface area contributed by atoms with E-state index in [1.54, 1.807) is 12.2 Å². The van der Waals surface area contributed by atoms with Gasteiger partial charge in [-0.3, -0.25) is 9.59 Å². The maximum Gasteiger partial charge on any atom is 0.310 e. The lowest BCUT2D eigenvalue weighted by atomic mass is 9.83. The van der Waals surface area contributed by atoms with Crippen molar-refractivity contribution in [2.45, 2.75) is 57.7 Å². The number of hydrogen-bond donors (Lipinski definition) is 2. The molecule has 0 spiro atoms. The van der Waals surface area contributed by atoms with Gasteiger partial charge in [0.15, 0.2) is 0 Å². The molecule has 0 radical (unpaired) electrons. The van der Waals surface area contributed by atoms with Gasteiger partial charge >= 0.3 is 11.9 Å². The Balaban J connectivity index is 1.72. The van der Waals surface area contributed by atoms with E-state index < -0.39 is 29.9 Å². The Hall–Kier alpha value is -1.40. The topological polar surface area (TPSA) is 93.1 Å². The van der Waals surface area contributed by atoms with E-state index in [1.165, 1.54) is 6.42 Å². The van der Waals surface area contributed by atoms with Crippen molar-refractivity contribution >= 4 is 11.9 Å². The van der Waals surface area contributed by atoms with Crippen LogP contribution in [0.3, 0.4) is 0 Å². The minimum absolute atomic E-state index is 0.134. The van der Waals surface area contributed by atoms with Gasteiger partial charge < -0.3 is 19.7 Å². The molecule has 0 aromatic carbocycles. The molecule has 6 nitrogen and oxygen atoms in total. The number of carboxylic acid groups (broad SMARTS) is 1. The molecule has 136 valence electrons. The van der Waals surface area contributed by atoms with Gasteiger partial charge in [0.1, 0.15) is 12.7 Å². The molecule has 0 bridgehead atoms. The minimum Gasteiger partial charge on any atom is -0.481 e. The molecular weight excluding hydrogens is 312 g/mol. The first-order chi connectivity index (χ1) is 11.5. The van der Waals surface area contributed by atoms with Crippen LogP contribution in [0.2, 0.25) is 0 Å². The van der Waals surface area contributed by atoms with Gasteiger partial charge in [-0.25, -0.2) is 0 Å². The van der Waals surface area contributed by atoms with Crippen LogP contribution in [0.15, 0.2) is 12.2 Å². The molecule has 2 rings (SSSR count). The van der Waals surface area contributed by atoms with Gasteiger partial charge in [0.25, 0.3) is 0 Å². The molecule has 0 saturated heterocycles. The van der Waals surface area contributed by atoms with Crippen molar-refractivity contribution in [3.05, 3.63) is 12.2 Å². The Bertz CT molecular complexity index is 460. The molecule has 24 heavy (non-hydrogen) atoms. The Morgan fingerprint density at radius 2 is 1.79 bits per heavy atom. The summed E-state index contributed by atoms with van der Waals surface area (Å²) in [5, 5.41) is 19.1. The van der Waals surface area contributed by atoms with Crippen molar-refractivity contribution in [1.29, 1.82) is 0 Å². The summed E-state index contributed by atoms with van der Waals surface area (Å²) < 4.78 is 10.9. The minimum atomic E-state index is -0.989. The summed E-state index contributed by atoms with van der Waals surface area (Å²) in [7, 11) is 0. The third-order valence-corrected chi connectivity index (χ3v) is 5.01. The van der Waals surface area contributed by atoms with Crippen molar-refractivity contribution in [1.82, 2.24) is 0 Å². The van der Waals surface area contributed by atoms with Crippen LogP contribution in [0.1, 0.15) is 45.4 Å². The average molecular weight is 340 g/mol. The molecule has 1 saturated carbocycles. The predicted octanol–water partition coefficient (Wildman–Crippen LogP) is 2.15. The van der Waals surface area contributed by atoms with Gasteiger partial charge in [0, 0.05) is 0 Å². The van der Waals surface area contributed by atoms with Gasteiger partial charge in [-0.05, 0) is 31.6 Å². The van der Waals surface area contributed by atoms with Gasteiger partial charge in [-0.1, -0.05) is 31.9 Å². The largest absolute Gasteiger partial charge is 0.481 e. The normalized spacial score (nSPS) is 31.4. The van der Waals surface area contributed by atoms with Crippen LogP contribution < -0.4 is 0 Å².